The predicted molar refractivity (Wildman–Crippen MR) is 137 cm³/mol. The van der Waals surface area contributed by atoms with E-state index in [1.54, 1.807) is 11.8 Å². The van der Waals surface area contributed by atoms with Crippen molar-refractivity contribution in [2.45, 2.75) is 35.2 Å². The quantitative estimate of drug-likeness (QED) is 0.375. The lowest BCUT2D eigenvalue weighted by Crippen LogP contribution is -2.48. The summed E-state index contributed by atoms with van der Waals surface area (Å²) >= 11 is 7.67. The smallest absolute Gasteiger partial charge is 0.245 e. The van der Waals surface area contributed by atoms with Crippen molar-refractivity contribution < 1.29 is 17.9 Å². The Morgan fingerprint density at radius 3 is 2.35 bits per heavy atom. The molecule has 2 N–H and O–H groups in total. The number of halogens is 1. The van der Waals surface area contributed by atoms with E-state index in [4.69, 9.17) is 16.3 Å². The van der Waals surface area contributed by atoms with Gasteiger partial charge in [-0.3, -0.25) is 4.79 Å². The van der Waals surface area contributed by atoms with Crippen molar-refractivity contribution in [1.82, 2.24) is 10.0 Å². The van der Waals surface area contributed by atoms with E-state index in [2.05, 4.69) is 10.0 Å². The van der Waals surface area contributed by atoms with Crippen LogP contribution in [0.25, 0.3) is 0 Å². The van der Waals surface area contributed by atoms with Gasteiger partial charge >= 0.3 is 0 Å². The predicted octanol–water partition coefficient (Wildman–Crippen LogP) is 4.84. The van der Waals surface area contributed by atoms with E-state index < -0.39 is 22.0 Å². The molecule has 0 aliphatic heterocycles. The standard InChI is InChI=1S/C25H27ClN2O4S2/c1-17(19-9-12-21(33-3)13-10-19)27-25(29)22(15-18-7-5-4-6-8-18)28-34(30,31)24-16-20(26)11-14-23(24)32-2/h4-14,16-17,22,28H,15H2,1-3H3,(H,27,29)/t17-,22-/m0/s1. The zero-order chi connectivity index (χ0) is 24.7. The highest BCUT2D eigenvalue weighted by molar-refractivity contribution is 7.98. The lowest BCUT2D eigenvalue weighted by Gasteiger charge is -2.22. The van der Waals surface area contributed by atoms with Crippen LogP contribution in [0.15, 0.2) is 82.6 Å². The Morgan fingerprint density at radius 2 is 1.74 bits per heavy atom. The summed E-state index contributed by atoms with van der Waals surface area (Å²) in [5.74, 6) is -0.298. The van der Waals surface area contributed by atoms with Crippen molar-refractivity contribution in [3.05, 3.63) is 88.9 Å². The van der Waals surface area contributed by atoms with Gasteiger partial charge in [-0.1, -0.05) is 54.1 Å². The van der Waals surface area contributed by atoms with Gasteiger partial charge in [-0.05, 0) is 61.1 Å². The minimum absolute atomic E-state index is 0.130. The van der Waals surface area contributed by atoms with Gasteiger partial charge < -0.3 is 10.1 Å². The van der Waals surface area contributed by atoms with Gasteiger partial charge in [0.2, 0.25) is 15.9 Å². The van der Waals surface area contributed by atoms with Crippen molar-refractivity contribution in [2.75, 3.05) is 13.4 Å². The fourth-order valence-corrected chi connectivity index (χ4v) is 5.47. The first kappa shape index (κ1) is 26.1. The van der Waals surface area contributed by atoms with Gasteiger partial charge in [0.1, 0.15) is 16.7 Å². The summed E-state index contributed by atoms with van der Waals surface area (Å²) in [6.45, 7) is 1.86. The number of carbonyl (C=O) groups excluding carboxylic acids is 1. The Morgan fingerprint density at radius 1 is 1.06 bits per heavy atom. The molecular weight excluding hydrogens is 492 g/mol. The molecule has 0 bridgehead atoms. The molecule has 0 aliphatic rings. The third-order valence-corrected chi connectivity index (χ3v) is 7.76. The van der Waals surface area contributed by atoms with E-state index in [1.165, 1.54) is 25.3 Å². The van der Waals surface area contributed by atoms with Crippen LogP contribution < -0.4 is 14.8 Å². The van der Waals surface area contributed by atoms with Crippen LogP contribution in [0.3, 0.4) is 0 Å². The molecule has 1 amide bonds. The monoisotopic (exact) mass is 518 g/mol. The number of nitrogens with one attached hydrogen (secondary N) is 2. The van der Waals surface area contributed by atoms with Crippen molar-refractivity contribution in [3.63, 3.8) is 0 Å². The van der Waals surface area contributed by atoms with Crippen LogP contribution in [0.1, 0.15) is 24.1 Å². The average Bonchev–Trinajstić information content (AvgIpc) is 2.84. The highest BCUT2D eigenvalue weighted by Gasteiger charge is 2.29. The number of thioether (sulfide) groups is 1. The van der Waals surface area contributed by atoms with Crippen molar-refractivity contribution in [1.29, 1.82) is 0 Å². The average molecular weight is 519 g/mol. The van der Waals surface area contributed by atoms with E-state index in [-0.39, 0.29) is 28.1 Å². The largest absolute Gasteiger partial charge is 0.495 e. The second-order valence-corrected chi connectivity index (χ2v) is 10.7. The molecule has 0 unspecified atom stereocenters. The maximum atomic E-state index is 13.3. The number of benzene rings is 3. The number of ether oxygens (including phenoxy) is 1. The van der Waals surface area contributed by atoms with Crippen LogP contribution in [0.4, 0.5) is 0 Å². The van der Waals surface area contributed by atoms with Crippen molar-refractivity contribution in [2.24, 2.45) is 0 Å². The van der Waals surface area contributed by atoms with Crippen LogP contribution in [0.2, 0.25) is 5.02 Å². The molecule has 0 heterocycles. The first-order valence-corrected chi connectivity index (χ1v) is 13.7. The molecule has 0 aromatic heterocycles. The molecule has 34 heavy (non-hydrogen) atoms. The SMILES string of the molecule is COc1ccc(Cl)cc1S(=O)(=O)N[C@@H](Cc1ccccc1)C(=O)N[C@@H](C)c1ccc(SC)cc1. The summed E-state index contributed by atoms with van der Waals surface area (Å²) < 4.78 is 34.3. The Bertz CT molecular complexity index is 1220. The molecular formula is C25H27ClN2O4S2. The molecule has 0 fully saturated rings. The van der Waals surface area contributed by atoms with E-state index >= 15 is 0 Å². The first-order chi connectivity index (χ1) is 16.2. The Kier molecular flexibility index (Phi) is 9.02. The lowest BCUT2D eigenvalue weighted by molar-refractivity contribution is -0.123. The Balaban J connectivity index is 1.87. The maximum Gasteiger partial charge on any atom is 0.245 e. The molecule has 2 atom stereocenters. The molecule has 180 valence electrons. The molecule has 3 aromatic carbocycles. The summed E-state index contributed by atoms with van der Waals surface area (Å²) in [5, 5.41) is 3.18. The summed E-state index contributed by atoms with van der Waals surface area (Å²) in [6.07, 6.45) is 2.17. The maximum absolute atomic E-state index is 13.3. The van der Waals surface area contributed by atoms with Crippen molar-refractivity contribution in [3.8, 4) is 5.75 Å². The van der Waals surface area contributed by atoms with Gasteiger partial charge in [0.25, 0.3) is 0 Å². The summed E-state index contributed by atoms with van der Waals surface area (Å²) in [6, 6.07) is 20.1. The van der Waals surface area contributed by atoms with E-state index in [9.17, 15) is 13.2 Å². The molecule has 6 nitrogen and oxygen atoms in total. The lowest BCUT2D eigenvalue weighted by atomic mass is 10.0. The minimum atomic E-state index is -4.12. The summed E-state index contributed by atoms with van der Waals surface area (Å²) in [4.78, 5) is 14.3. The minimum Gasteiger partial charge on any atom is -0.495 e. The molecule has 0 radical (unpaired) electrons. The van der Waals surface area contributed by atoms with E-state index in [0.29, 0.717) is 0 Å². The van der Waals surface area contributed by atoms with E-state index in [0.717, 1.165) is 16.0 Å². The molecule has 0 aliphatic carbocycles. The van der Waals surface area contributed by atoms with Gasteiger partial charge in [-0.15, -0.1) is 11.8 Å². The van der Waals surface area contributed by atoms with Crippen LogP contribution in [-0.4, -0.2) is 33.7 Å². The van der Waals surface area contributed by atoms with Gasteiger partial charge in [-0.25, -0.2) is 8.42 Å². The fourth-order valence-electron chi connectivity index (χ4n) is 3.44. The van der Waals surface area contributed by atoms with Crippen LogP contribution in [-0.2, 0) is 21.2 Å². The number of methoxy groups -OCH3 is 1. The molecule has 0 spiro atoms. The number of hydrogen-bond acceptors (Lipinski definition) is 5. The number of amides is 1. The van der Waals surface area contributed by atoms with Crippen LogP contribution in [0, 0.1) is 0 Å². The highest BCUT2D eigenvalue weighted by atomic mass is 35.5. The second kappa shape index (κ2) is 11.8. The molecule has 3 aromatic rings. The summed E-state index contributed by atoms with van der Waals surface area (Å²) in [5.41, 5.74) is 1.74. The molecule has 0 saturated heterocycles. The van der Waals surface area contributed by atoms with Gasteiger partial charge in [-0.2, -0.15) is 4.72 Å². The fraction of sp³-hybridized carbons (Fsp3) is 0.240. The van der Waals surface area contributed by atoms with Crippen LogP contribution in [0.5, 0.6) is 5.75 Å². The summed E-state index contributed by atoms with van der Waals surface area (Å²) in [7, 11) is -2.75. The van der Waals surface area contributed by atoms with Gasteiger partial charge in [0, 0.05) is 9.92 Å². The molecule has 9 heteroatoms. The van der Waals surface area contributed by atoms with E-state index in [1.807, 2.05) is 67.8 Å². The normalized spacial score (nSPS) is 13.2. The Hall–Kier alpha value is -2.52. The third kappa shape index (κ3) is 6.76. The Labute approximate surface area is 210 Å². The van der Waals surface area contributed by atoms with Gasteiger partial charge in [0.15, 0.2) is 0 Å². The molecule has 0 saturated carbocycles. The number of sulfonamides is 1. The zero-order valence-electron chi connectivity index (χ0n) is 19.1. The highest BCUT2D eigenvalue weighted by Crippen LogP contribution is 2.27. The third-order valence-electron chi connectivity index (χ3n) is 5.29. The van der Waals surface area contributed by atoms with Gasteiger partial charge in [0.05, 0.1) is 13.2 Å². The topological polar surface area (TPSA) is 84.5 Å². The van der Waals surface area contributed by atoms with Crippen molar-refractivity contribution >= 4 is 39.3 Å². The number of hydrogen-bond donors (Lipinski definition) is 2. The van der Waals surface area contributed by atoms with Crippen LogP contribution >= 0.6 is 23.4 Å². The molecule has 3 rings (SSSR count). The number of rotatable bonds is 10. The zero-order valence-corrected chi connectivity index (χ0v) is 21.5. The first-order valence-electron chi connectivity index (χ1n) is 10.6. The second-order valence-electron chi connectivity index (χ2n) is 7.66. The number of carbonyl (C=O) groups is 1.